The largest absolute Gasteiger partial charge is 0.480 e. The molecule has 0 spiro atoms. The maximum atomic E-state index is 12.2. The van der Waals surface area contributed by atoms with Gasteiger partial charge in [0.2, 0.25) is 0 Å². The van der Waals surface area contributed by atoms with E-state index in [1.807, 2.05) is 14.1 Å². The van der Waals surface area contributed by atoms with Crippen LogP contribution >= 0.6 is 0 Å². The SMILES string of the molecule is CN(C)C1(CNC(=O)N2C[C@H](O)C[C@@H]2C(=O)O)CCCC1. The Bertz CT molecular complexity index is 407. The summed E-state index contributed by atoms with van der Waals surface area (Å²) in [6.07, 6.45) is 3.70. The van der Waals surface area contributed by atoms with Gasteiger partial charge in [-0.05, 0) is 26.9 Å². The lowest BCUT2D eigenvalue weighted by atomic mass is 9.96. The zero-order valence-electron chi connectivity index (χ0n) is 12.7. The van der Waals surface area contributed by atoms with Gasteiger partial charge in [-0.2, -0.15) is 0 Å². The molecule has 0 aromatic carbocycles. The Labute approximate surface area is 124 Å². The highest BCUT2D eigenvalue weighted by Gasteiger charge is 2.41. The molecule has 1 saturated heterocycles. The third-order valence-corrected chi connectivity index (χ3v) is 4.88. The quantitative estimate of drug-likeness (QED) is 0.684. The number of nitrogens with one attached hydrogen (secondary N) is 1. The minimum Gasteiger partial charge on any atom is -0.480 e. The summed E-state index contributed by atoms with van der Waals surface area (Å²) in [4.78, 5) is 26.8. The van der Waals surface area contributed by atoms with Crippen LogP contribution in [0, 0.1) is 0 Å². The molecule has 1 heterocycles. The van der Waals surface area contributed by atoms with Gasteiger partial charge in [0.05, 0.1) is 6.10 Å². The van der Waals surface area contributed by atoms with Crippen molar-refractivity contribution < 1.29 is 19.8 Å². The Morgan fingerprint density at radius 2 is 1.95 bits per heavy atom. The fourth-order valence-electron chi connectivity index (χ4n) is 3.43. The highest BCUT2D eigenvalue weighted by molar-refractivity contribution is 5.83. The van der Waals surface area contributed by atoms with E-state index in [1.165, 1.54) is 4.90 Å². The number of hydrogen-bond donors (Lipinski definition) is 3. The third-order valence-electron chi connectivity index (χ3n) is 4.88. The summed E-state index contributed by atoms with van der Waals surface area (Å²) in [5.41, 5.74) is -0.0350. The average Bonchev–Trinajstić information content (AvgIpc) is 3.03. The van der Waals surface area contributed by atoms with Gasteiger partial charge in [0.15, 0.2) is 0 Å². The van der Waals surface area contributed by atoms with E-state index >= 15 is 0 Å². The molecule has 2 amide bonds. The van der Waals surface area contributed by atoms with Crippen LogP contribution in [0.25, 0.3) is 0 Å². The van der Waals surface area contributed by atoms with Gasteiger partial charge in [0, 0.05) is 25.0 Å². The molecule has 1 aliphatic carbocycles. The van der Waals surface area contributed by atoms with Gasteiger partial charge in [0.1, 0.15) is 6.04 Å². The molecular formula is C14H25N3O4. The number of carboxylic acids is 1. The number of aliphatic hydroxyl groups excluding tert-OH is 1. The van der Waals surface area contributed by atoms with E-state index in [0.717, 1.165) is 25.7 Å². The van der Waals surface area contributed by atoms with Gasteiger partial charge in [-0.1, -0.05) is 12.8 Å². The van der Waals surface area contributed by atoms with Crippen LogP contribution < -0.4 is 5.32 Å². The normalized spacial score (nSPS) is 28.1. The highest BCUT2D eigenvalue weighted by atomic mass is 16.4. The van der Waals surface area contributed by atoms with E-state index in [4.69, 9.17) is 5.11 Å². The standard InChI is InChI=1S/C14H25N3O4/c1-16(2)14(5-3-4-6-14)9-15-13(21)17-8-10(18)7-11(17)12(19)20/h10-11,18H,3-9H2,1-2H3,(H,15,21)(H,19,20)/t10-,11-/m1/s1. The molecule has 21 heavy (non-hydrogen) atoms. The van der Waals surface area contributed by atoms with Crippen molar-refractivity contribution in [2.75, 3.05) is 27.2 Å². The number of carbonyl (C=O) groups is 2. The zero-order chi connectivity index (χ0) is 15.6. The first-order valence-electron chi connectivity index (χ1n) is 7.48. The maximum Gasteiger partial charge on any atom is 0.326 e. The number of aliphatic hydroxyl groups is 1. The summed E-state index contributed by atoms with van der Waals surface area (Å²) in [6.45, 7) is 0.593. The van der Waals surface area contributed by atoms with Crippen LogP contribution in [0.5, 0.6) is 0 Å². The van der Waals surface area contributed by atoms with E-state index in [9.17, 15) is 14.7 Å². The van der Waals surface area contributed by atoms with Crippen molar-refractivity contribution >= 4 is 12.0 Å². The third kappa shape index (κ3) is 3.29. The second-order valence-electron chi connectivity index (χ2n) is 6.38. The molecule has 0 bridgehead atoms. The summed E-state index contributed by atoms with van der Waals surface area (Å²) in [7, 11) is 4.02. The summed E-state index contributed by atoms with van der Waals surface area (Å²) in [5, 5.41) is 21.6. The van der Waals surface area contributed by atoms with Crippen LogP contribution in [0.3, 0.4) is 0 Å². The monoisotopic (exact) mass is 299 g/mol. The predicted octanol–water partition coefficient (Wildman–Crippen LogP) is 0.0902. The Balaban J connectivity index is 1.96. The van der Waals surface area contributed by atoms with Gasteiger partial charge in [0.25, 0.3) is 0 Å². The molecule has 0 unspecified atom stereocenters. The van der Waals surface area contributed by atoms with Crippen molar-refractivity contribution in [2.45, 2.75) is 49.8 Å². The molecule has 0 aromatic heterocycles. The van der Waals surface area contributed by atoms with Crippen LogP contribution in [0.1, 0.15) is 32.1 Å². The number of nitrogens with zero attached hydrogens (tertiary/aromatic N) is 2. The number of likely N-dealkylation sites (N-methyl/N-ethyl adjacent to an activating group) is 1. The number of carboxylic acid groups (broad SMARTS) is 1. The number of likely N-dealkylation sites (tertiary alicyclic amines) is 1. The molecule has 1 aliphatic heterocycles. The number of urea groups is 1. The molecule has 7 heteroatoms. The maximum absolute atomic E-state index is 12.2. The first kappa shape index (κ1) is 16.0. The number of β-amino-alcohol motifs (C(OH)–C–C–N with tert-alkyl or cyclic N) is 1. The van der Waals surface area contributed by atoms with Crippen LogP contribution in [-0.4, -0.2) is 76.9 Å². The lowest BCUT2D eigenvalue weighted by Crippen LogP contribution is -2.54. The van der Waals surface area contributed by atoms with Crippen molar-refractivity contribution in [3.8, 4) is 0 Å². The van der Waals surface area contributed by atoms with E-state index in [1.54, 1.807) is 0 Å². The van der Waals surface area contributed by atoms with Gasteiger partial charge in [-0.3, -0.25) is 0 Å². The smallest absolute Gasteiger partial charge is 0.326 e. The molecule has 3 N–H and O–H groups in total. The van der Waals surface area contributed by atoms with E-state index in [0.29, 0.717) is 6.54 Å². The van der Waals surface area contributed by atoms with Crippen molar-refractivity contribution in [1.29, 1.82) is 0 Å². The lowest BCUT2D eigenvalue weighted by Gasteiger charge is -2.37. The fraction of sp³-hybridized carbons (Fsp3) is 0.857. The van der Waals surface area contributed by atoms with E-state index in [-0.39, 0.29) is 18.5 Å². The molecular weight excluding hydrogens is 274 g/mol. The molecule has 2 rings (SSSR count). The van der Waals surface area contributed by atoms with Gasteiger partial charge in [-0.25, -0.2) is 9.59 Å². The molecule has 1 saturated carbocycles. The Hall–Kier alpha value is -1.34. The first-order chi connectivity index (χ1) is 9.85. The van der Waals surface area contributed by atoms with Crippen LogP contribution in [0.15, 0.2) is 0 Å². The Morgan fingerprint density at radius 1 is 1.33 bits per heavy atom. The fourth-order valence-corrected chi connectivity index (χ4v) is 3.43. The molecule has 2 aliphatic rings. The lowest BCUT2D eigenvalue weighted by molar-refractivity contribution is -0.141. The zero-order valence-corrected chi connectivity index (χ0v) is 12.7. The van der Waals surface area contributed by atoms with Gasteiger partial charge < -0.3 is 25.3 Å². The van der Waals surface area contributed by atoms with E-state index in [2.05, 4.69) is 10.2 Å². The van der Waals surface area contributed by atoms with Crippen LogP contribution in [-0.2, 0) is 4.79 Å². The molecule has 2 fully saturated rings. The predicted molar refractivity (Wildman–Crippen MR) is 77.0 cm³/mol. The van der Waals surface area contributed by atoms with E-state index < -0.39 is 24.1 Å². The summed E-state index contributed by atoms with van der Waals surface area (Å²) >= 11 is 0. The first-order valence-corrected chi connectivity index (χ1v) is 7.48. The Kier molecular flexibility index (Phi) is 4.73. The number of carbonyl (C=O) groups excluding carboxylic acids is 1. The summed E-state index contributed by atoms with van der Waals surface area (Å²) in [5.74, 6) is -1.06. The topological polar surface area (TPSA) is 93.1 Å². The molecule has 0 radical (unpaired) electrons. The van der Waals surface area contributed by atoms with Crippen LogP contribution in [0.4, 0.5) is 4.79 Å². The number of hydrogen-bond acceptors (Lipinski definition) is 4. The number of amides is 2. The van der Waals surface area contributed by atoms with Crippen molar-refractivity contribution in [3.63, 3.8) is 0 Å². The summed E-state index contributed by atoms with van der Waals surface area (Å²) < 4.78 is 0. The molecule has 2 atom stereocenters. The minimum atomic E-state index is -1.06. The second kappa shape index (κ2) is 6.19. The van der Waals surface area contributed by atoms with Gasteiger partial charge >= 0.3 is 12.0 Å². The van der Waals surface area contributed by atoms with Crippen molar-refractivity contribution in [1.82, 2.24) is 15.1 Å². The Morgan fingerprint density at radius 3 is 2.48 bits per heavy atom. The number of aliphatic carboxylic acids is 1. The average molecular weight is 299 g/mol. The van der Waals surface area contributed by atoms with Crippen molar-refractivity contribution in [3.05, 3.63) is 0 Å². The second-order valence-corrected chi connectivity index (χ2v) is 6.38. The highest BCUT2D eigenvalue weighted by Crippen LogP contribution is 2.33. The molecule has 120 valence electrons. The molecule has 7 nitrogen and oxygen atoms in total. The van der Waals surface area contributed by atoms with Crippen LogP contribution in [0.2, 0.25) is 0 Å². The summed E-state index contributed by atoms with van der Waals surface area (Å²) in [6, 6.07) is -1.33. The minimum absolute atomic E-state index is 0.0350. The molecule has 0 aromatic rings. The van der Waals surface area contributed by atoms with Crippen molar-refractivity contribution in [2.24, 2.45) is 0 Å². The van der Waals surface area contributed by atoms with Gasteiger partial charge in [-0.15, -0.1) is 0 Å². The number of rotatable bonds is 4.